The number of carboxylic acid groups (broad SMARTS) is 3. The van der Waals surface area contributed by atoms with Crippen LogP contribution in [0.3, 0.4) is 0 Å². The van der Waals surface area contributed by atoms with Gasteiger partial charge in [-0.2, -0.15) is 23.2 Å². The van der Waals surface area contributed by atoms with Crippen LogP contribution >= 0.6 is 282 Å². The number of aliphatic carboxylic acids is 3. The zero-order chi connectivity index (χ0) is 80.8. The van der Waals surface area contributed by atoms with Crippen molar-refractivity contribution in [1.82, 2.24) is 19.9 Å². The van der Waals surface area contributed by atoms with Crippen molar-refractivity contribution in [3.8, 4) is 35.1 Å². The van der Waals surface area contributed by atoms with Gasteiger partial charge in [0.2, 0.25) is 0 Å². The number of aliphatic hydroxyl groups excluding tert-OH is 1. The zero-order valence-corrected chi connectivity index (χ0v) is 82.8. The second-order valence-electron chi connectivity index (χ2n) is 18.9. The van der Waals surface area contributed by atoms with E-state index in [1.54, 1.807) is 24.3 Å². The maximum Gasteiger partial charge on any atom is 1.00 e. The number of hydrogen-bond donors (Lipinski definition) is 7. The largest absolute Gasteiger partial charge is 1.00 e. The first kappa shape index (κ1) is 118. The molecule has 0 saturated carbocycles. The number of fused-ring (bicyclic) bond motifs is 4. The van der Waals surface area contributed by atoms with Gasteiger partial charge in [0.1, 0.15) is 94.2 Å². The Labute approximate surface area is 839 Å². The van der Waals surface area contributed by atoms with Gasteiger partial charge in [-0.15, -0.1) is 186 Å². The maximum absolute atomic E-state index is 11.0. The van der Waals surface area contributed by atoms with Crippen molar-refractivity contribution in [2.75, 3.05) is 48.8 Å². The minimum absolute atomic E-state index is 0. The molecule has 4 aromatic heterocycles. The number of thioether (sulfide) groups is 2. The summed E-state index contributed by atoms with van der Waals surface area (Å²) in [6, 6.07) is 23.5. The molecule has 0 saturated heterocycles. The topological polar surface area (TPSA) is 396 Å². The van der Waals surface area contributed by atoms with Gasteiger partial charge in [-0.05, 0) is 91.4 Å². The number of alkyl halides is 9. The molecule has 8 aromatic rings. The van der Waals surface area contributed by atoms with E-state index in [1.165, 1.54) is 80.5 Å². The van der Waals surface area contributed by atoms with Crippen LogP contribution in [0.5, 0.6) is 23.0 Å². The number of ether oxygens (including phenoxy) is 3. The third-order valence-corrected chi connectivity index (χ3v) is 19.6. The molecule has 0 radical (unpaired) electrons. The molecule has 6 heterocycles. The quantitative estimate of drug-likeness (QED) is 0.00457. The summed E-state index contributed by atoms with van der Waals surface area (Å²) in [4.78, 5) is 76.5. The number of aliphatic imine (C=N–C) groups is 2. The molecule has 4 aromatic carbocycles. The van der Waals surface area contributed by atoms with Gasteiger partial charge in [0.15, 0.2) is 22.1 Å². The van der Waals surface area contributed by atoms with Gasteiger partial charge >= 0.3 is 180 Å². The Kier molecular flexibility index (Phi) is 70.3. The number of carbonyl (C=O) groups excluding carboxylic acids is 2. The standard InChI is InChI=1S/C14H12Cl2N2O3S2.C14H11ClN2O3S2.C11H8Cl2N2OS.C8H4N2OS.C3H5Cl3.C3H6Cl2O.C3H7NO2S.C3H4O.CH2O3.Cl5P.2ClH.2K.H/c15-11(16)3-4-21-7-1-2-8-10(5-7)23-13(17-8)12-18-9(6-22-12)14(19)20;15-4-1-5-20-8-2-3-9-11(6-8)22-13(16-9)12-17-10(7-21-12)14(18)19;12-10(13)3-4-16-7-1-2-8-9(5-7)17-11(6-14)15-8;9-4-8-10-6-2-1-5(11)3-7(6)12-8;2*4-2-1-3(5)6;4-2(1-7)3(5)6;1-2-3-4;2-1-4-3;1-6(2,3,4)5;;;;;/h1-2,5,9,11H,3-4,6H2,(H,19,20);1-4,6,10H,5,7H2,(H,18,19);1-2,5,10H,3-4H2;1-3,11H;3H,1-2H2;3,6H,1-2H2;2,7H,1,4H2,(H,5,6);2-3H,1H2;1,3H;;2*1H;;;/q;;;;;;;;;;;;2*+1;-1/p-1/b;4-1+;;;;;;;;;;;;;/t9-;10-;;;;;;;;;;;;;/m11............./s1. The van der Waals surface area contributed by atoms with E-state index in [2.05, 4.69) is 54.0 Å². The minimum atomic E-state index is -3.69. The number of allylic oxidation sites excluding steroid dienone is 1. The van der Waals surface area contributed by atoms with E-state index in [9.17, 15) is 14.4 Å². The van der Waals surface area contributed by atoms with E-state index in [-0.39, 0.29) is 152 Å². The number of phenols is 1. The molecule has 4 atom stereocenters. The van der Waals surface area contributed by atoms with E-state index in [4.69, 9.17) is 243 Å². The summed E-state index contributed by atoms with van der Waals surface area (Å²) < 4.78 is 16.7. The summed E-state index contributed by atoms with van der Waals surface area (Å²) in [5, 5.41) is 72.8. The molecule has 0 bridgehead atoms. The smallest absolute Gasteiger partial charge is 1.00 e. The van der Waals surface area contributed by atoms with Gasteiger partial charge in [0.05, 0.1) is 54.1 Å². The Morgan fingerprint density at radius 3 is 1.27 bits per heavy atom. The number of aliphatic hydroxyl groups is 1. The molecule has 24 nitrogen and oxygen atoms in total. The Hall–Kier alpha value is 0.553. The summed E-state index contributed by atoms with van der Waals surface area (Å²) in [5.74, 6) is 1.66. The number of thiol groups is 1. The molecular formula is C60H61Cl17K2N9O15PS7. The van der Waals surface area contributed by atoms with Crippen molar-refractivity contribution in [1.29, 1.82) is 10.5 Å². The van der Waals surface area contributed by atoms with Gasteiger partial charge in [0.25, 0.3) is 6.47 Å². The summed E-state index contributed by atoms with van der Waals surface area (Å²) in [6.07, 6.45) is 5.81. The van der Waals surface area contributed by atoms with Crippen LogP contribution in [0.2, 0.25) is 0 Å². The summed E-state index contributed by atoms with van der Waals surface area (Å²) in [7, 11) is 0. The number of nitrogens with two attached hydrogens (primary N) is 1. The molecule has 51 heteroatoms. The summed E-state index contributed by atoms with van der Waals surface area (Å²) in [5.41, 5.74) is 8.85. The maximum atomic E-state index is 11.0. The van der Waals surface area contributed by atoms with Crippen LogP contribution in [0, 0.1) is 22.7 Å². The number of carboxylic acids is 3. The van der Waals surface area contributed by atoms with Crippen molar-refractivity contribution in [3.63, 3.8) is 0 Å². The average molecular weight is 2080 g/mol. The third kappa shape index (κ3) is 55.3. The van der Waals surface area contributed by atoms with Crippen LogP contribution in [-0.4, -0.2) is 173 Å². The van der Waals surface area contributed by atoms with Crippen LogP contribution < -0.4 is 128 Å². The molecule has 10 rings (SSSR count). The molecule has 0 amide bonds. The van der Waals surface area contributed by atoms with Crippen molar-refractivity contribution in [2.45, 2.75) is 63.9 Å². The molecule has 2 aliphatic rings. The van der Waals surface area contributed by atoms with Crippen LogP contribution in [0.25, 0.3) is 40.9 Å². The number of rotatable bonds is 23. The predicted octanol–water partition coefficient (Wildman–Crippen LogP) is 13.8. The zero-order valence-electron chi connectivity index (χ0n) is 57.9. The molecule has 0 fully saturated rings. The predicted molar refractivity (Wildman–Crippen MR) is 465 cm³/mol. The van der Waals surface area contributed by atoms with Crippen LogP contribution in [0.4, 0.5) is 0 Å². The fourth-order valence-corrected chi connectivity index (χ4v) is 13.8. The molecule has 7 N–H and O–H groups in total. The number of nitriles is 2. The van der Waals surface area contributed by atoms with E-state index < -0.39 is 54.6 Å². The third-order valence-electron chi connectivity index (χ3n) is 10.9. The van der Waals surface area contributed by atoms with Gasteiger partial charge < -0.3 is 57.0 Å². The molecule has 0 aliphatic carbocycles. The molecule has 2 unspecified atom stereocenters. The Bertz CT molecular complexity index is 4260. The van der Waals surface area contributed by atoms with Crippen molar-refractivity contribution in [3.05, 3.63) is 117 Å². The van der Waals surface area contributed by atoms with Crippen LogP contribution in [0.1, 0.15) is 47.1 Å². The number of nitrogens with zero attached hydrogens (tertiary/aromatic N) is 8. The number of aromatic nitrogens is 4. The van der Waals surface area contributed by atoms with Crippen molar-refractivity contribution < 1.29 is 178 Å². The Morgan fingerprint density at radius 1 is 0.649 bits per heavy atom. The molecule has 604 valence electrons. The van der Waals surface area contributed by atoms with E-state index in [0.29, 0.717) is 95.2 Å². The summed E-state index contributed by atoms with van der Waals surface area (Å²) >= 11 is 90.9. The minimum Gasteiger partial charge on any atom is -1.00 e. The molecule has 111 heavy (non-hydrogen) atoms. The number of carbonyl (C=O) groups is 5. The van der Waals surface area contributed by atoms with Crippen molar-refractivity contribution >= 4 is 364 Å². The van der Waals surface area contributed by atoms with E-state index >= 15 is 0 Å². The first-order valence-corrected chi connectivity index (χ1v) is 46.1. The number of benzene rings is 4. The number of halogens is 17. The van der Waals surface area contributed by atoms with Gasteiger partial charge in [-0.25, -0.2) is 29.5 Å². The first-order valence-electron chi connectivity index (χ1n) is 28.9. The fraction of sp³-hybridized carbons (Fsp3) is 0.317. The van der Waals surface area contributed by atoms with Gasteiger partial charge in [-0.1, -0.05) is 29.8 Å². The Morgan fingerprint density at radius 2 is 1.00 bits per heavy atom. The van der Waals surface area contributed by atoms with Gasteiger partial charge in [0, 0.05) is 53.8 Å². The number of phenolic OH excluding ortho intramolecular Hbond substituents is 1. The second kappa shape index (κ2) is 66.2. The summed E-state index contributed by atoms with van der Waals surface area (Å²) in [6.45, 7) is 4.24. The second-order valence-corrected chi connectivity index (χ2v) is 47.3. The number of hydrogen-bond acceptors (Lipinski definition) is 28. The van der Waals surface area contributed by atoms with Gasteiger partial charge in [-0.3, -0.25) is 24.4 Å². The SMILES string of the molecule is C=CC=O.Cl.Cl.ClCCC(Cl)Cl.ClP(Cl)(Cl)(Cl)Cl.N#Cc1nc2ccc(O)cc2s1.N#Cc1nc2ccc(OCCC(Cl)Cl)cc2s1.NC(CS)C(=O)O.O=C(O)[C@H]1CSC(c2nc3ccc(OC/C=C/Cl)cc3s2)=N1.O=C(O)[C@H]1CSC(c2nc3ccc(OCCC(Cl)Cl)cc3s2)=N1.O=CO[O-].OC(Cl)CCCl.[H-].[K+].[K+]. The van der Waals surface area contributed by atoms with Crippen LogP contribution in [-0.2, 0) is 28.9 Å². The first-order chi connectivity index (χ1) is 50.5. The molecule has 2 aliphatic heterocycles. The van der Waals surface area contributed by atoms with E-state index in [0.717, 1.165) is 68.1 Å². The fourth-order valence-electron chi connectivity index (χ4n) is 6.37. The number of aldehydes is 1. The normalized spacial score (nSPS) is 13.5. The average Bonchev–Trinajstić information content (AvgIpc) is 1.68. The molecular weight excluding hydrogens is 2020 g/mol. The van der Waals surface area contributed by atoms with E-state index in [1.807, 2.05) is 66.7 Å². The monoisotopic (exact) mass is 2070 g/mol. The number of aromatic hydroxyl groups is 1. The number of thiazole rings is 4. The molecule has 0 spiro atoms. The van der Waals surface area contributed by atoms with Crippen molar-refractivity contribution in [2.24, 2.45) is 15.7 Å². The Balaban J connectivity index is -0.000000400. The van der Waals surface area contributed by atoms with Crippen LogP contribution in [0.15, 0.2) is 107 Å².